The molecular weight excluding hydrogens is 498 g/mol. The van der Waals surface area contributed by atoms with E-state index in [1.165, 1.54) is 31.5 Å². The second kappa shape index (κ2) is 26.0. The lowest BCUT2D eigenvalue weighted by Crippen LogP contribution is -2.40. The monoisotopic (exact) mass is 557 g/mol. The molecule has 3 nitrogen and oxygen atoms in total. The van der Waals surface area contributed by atoms with Gasteiger partial charge < -0.3 is 9.80 Å². The van der Waals surface area contributed by atoms with Crippen LogP contribution >= 0.6 is 11.6 Å². The smallest absolute Gasteiger partial charge is 0.0571 e. The van der Waals surface area contributed by atoms with Crippen molar-refractivity contribution in [1.82, 2.24) is 14.7 Å². The van der Waals surface area contributed by atoms with Crippen molar-refractivity contribution in [1.29, 1.82) is 0 Å². The zero-order valence-corrected chi connectivity index (χ0v) is 27.4. The van der Waals surface area contributed by atoms with Gasteiger partial charge in [0.15, 0.2) is 0 Å². The molecular formula is C35H60ClN3. The molecule has 222 valence electrons. The Labute approximate surface area is 248 Å². The second-order valence-electron chi connectivity index (χ2n) is 9.80. The molecule has 1 aliphatic heterocycles. The topological polar surface area (TPSA) is 9.72 Å². The summed E-state index contributed by atoms with van der Waals surface area (Å²) < 4.78 is 0. The van der Waals surface area contributed by atoms with Crippen LogP contribution in [0.25, 0.3) is 0 Å². The van der Waals surface area contributed by atoms with Crippen LogP contribution in [0, 0.1) is 5.92 Å². The fourth-order valence-corrected chi connectivity index (χ4v) is 4.25. The lowest BCUT2D eigenvalue weighted by atomic mass is 10.0. The molecule has 0 aromatic heterocycles. The highest BCUT2D eigenvalue weighted by Gasteiger charge is 2.18. The van der Waals surface area contributed by atoms with Gasteiger partial charge in [-0.25, -0.2) is 0 Å². The van der Waals surface area contributed by atoms with Crippen molar-refractivity contribution in [3.05, 3.63) is 97.0 Å². The maximum Gasteiger partial charge on any atom is 0.0571 e. The third-order valence-electron chi connectivity index (χ3n) is 6.11. The van der Waals surface area contributed by atoms with Crippen LogP contribution in [0.5, 0.6) is 0 Å². The molecule has 1 fully saturated rings. The number of nitrogens with zero attached hydrogens (tertiary/aromatic N) is 3. The molecule has 1 unspecified atom stereocenters. The Morgan fingerprint density at radius 2 is 1.72 bits per heavy atom. The summed E-state index contributed by atoms with van der Waals surface area (Å²) in [6, 6.07) is 10.2. The molecule has 1 heterocycles. The number of halogens is 1. The molecule has 1 aromatic carbocycles. The average Bonchev–Trinajstić information content (AvgIpc) is 2.94. The van der Waals surface area contributed by atoms with E-state index >= 15 is 0 Å². The van der Waals surface area contributed by atoms with Crippen molar-refractivity contribution in [2.45, 2.75) is 87.1 Å². The van der Waals surface area contributed by atoms with Gasteiger partial charge in [0.1, 0.15) is 0 Å². The number of rotatable bonds is 12. The molecule has 1 atom stereocenters. The molecule has 2 rings (SSSR count). The number of hydrogen-bond donors (Lipinski definition) is 0. The van der Waals surface area contributed by atoms with Crippen LogP contribution in [0.15, 0.2) is 92.0 Å². The number of piperazine rings is 1. The van der Waals surface area contributed by atoms with Crippen LogP contribution in [-0.2, 0) is 0 Å². The van der Waals surface area contributed by atoms with Gasteiger partial charge in [-0.3, -0.25) is 4.90 Å². The highest BCUT2D eigenvalue weighted by Crippen LogP contribution is 2.18. The van der Waals surface area contributed by atoms with Crippen LogP contribution in [0.2, 0.25) is 5.02 Å². The Morgan fingerprint density at radius 1 is 1.08 bits per heavy atom. The van der Waals surface area contributed by atoms with Gasteiger partial charge in [0.05, 0.1) is 6.54 Å². The van der Waals surface area contributed by atoms with Gasteiger partial charge in [-0.15, -0.1) is 0 Å². The van der Waals surface area contributed by atoms with Crippen molar-refractivity contribution in [3.63, 3.8) is 0 Å². The summed E-state index contributed by atoms with van der Waals surface area (Å²) in [7, 11) is 0. The van der Waals surface area contributed by atoms with Crippen LogP contribution in [-0.4, -0.2) is 53.5 Å². The van der Waals surface area contributed by atoms with Gasteiger partial charge in [0, 0.05) is 42.1 Å². The standard InChI is InChI=1S/C14H29N.C13H20N2.C6H5Cl.C2H6/c1-6-8-10-15(11-9-7-2)14(5)12-13(3)4;1-5-8-13(6-2)15-10-9-14(7-3)11-12(15)4;7-6-4-2-1-3-5-6;1-2/h6,8,13-14H,7,9-12H2,1-5H3;6-8H,2-5,9-11H2,1H3;1-5H;1-2H3/b8-6+;13-8-;;. The quantitative estimate of drug-likeness (QED) is 0.187. The highest BCUT2D eigenvalue weighted by atomic mass is 35.5. The maximum atomic E-state index is 5.54. The number of hydrogen-bond acceptors (Lipinski definition) is 3. The summed E-state index contributed by atoms with van der Waals surface area (Å²) in [5, 5.41) is 0.794. The molecule has 0 spiro atoms. The first-order chi connectivity index (χ1) is 18.7. The molecule has 39 heavy (non-hydrogen) atoms. The zero-order chi connectivity index (χ0) is 30.1. The molecule has 1 saturated heterocycles. The van der Waals surface area contributed by atoms with Crippen LogP contribution in [0.4, 0.5) is 0 Å². The fourth-order valence-electron chi connectivity index (χ4n) is 4.11. The highest BCUT2D eigenvalue weighted by molar-refractivity contribution is 6.30. The van der Waals surface area contributed by atoms with Crippen molar-refractivity contribution >= 4 is 11.6 Å². The van der Waals surface area contributed by atoms with E-state index in [0.29, 0.717) is 6.04 Å². The molecule has 1 aromatic rings. The van der Waals surface area contributed by atoms with E-state index in [1.807, 2.05) is 56.5 Å². The molecule has 0 bridgehead atoms. The molecule has 0 aliphatic carbocycles. The Morgan fingerprint density at radius 3 is 2.13 bits per heavy atom. The van der Waals surface area contributed by atoms with E-state index < -0.39 is 0 Å². The fraction of sp³-hybridized carbons (Fsp3) is 0.543. The van der Waals surface area contributed by atoms with E-state index in [4.69, 9.17) is 11.6 Å². The predicted octanol–water partition coefficient (Wildman–Crippen LogP) is 10.2. The molecule has 0 N–H and O–H groups in total. The summed E-state index contributed by atoms with van der Waals surface area (Å²) in [4.78, 5) is 7.01. The summed E-state index contributed by atoms with van der Waals surface area (Å²) >= 11 is 5.54. The first-order valence-corrected chi connectivity index (χ1v) is 15.3. The van der Waals surface area contributed by atoms with Crippen LogP contribution in [0.1, 0.15) is 81.1 Å². The minimum Gasteiger partial charge on any atom is -0.370 e. The normalized spacial score (nSPS) is 14.1. The molecule has 1 aliphatic rings. The van der Waals surface area contributed by atoms with Gasteiger partial charge in [0.25, 0.3) is 0 Å². The SMILES string of the molecule is C/C=C/CN(CCCC)C(C)CC(C)C.C=C/C(=C/CC)N1CCN(C=C)CC1=C.CC.Clc1ccccc1. The first kappa shape index (κ1) is 38.9. The van der Waals surface area contributed by atoms with E-state index in [-0.39, 0.29) is 0 Å². The van der Waals surface area contributed by atoms with E-state index in [1.54, 1.807) is 0 Å². The first-order valence-electron chi connectivity index (χ1n) is 14.9. The van der Waals surface area contributed by atoms with Crippen molar-refractivity contribution in [3.8, 4) is 0 Å². The van der Waals surface area contributed by atoms with Gasteiger partial charge in [-0.05, 0) is 70.0 Å². The zero-order valence-electron chi connectivity index (χ0n) is 26.6. The van der Waals surface area contributed by atoms with Crippen molar-refractivity contribution in [2.75, 3.05) is 32.7 Å². The number of unbranched alkanes of at least 4 members (excludes halogenated alkanes) is 1. The Bertz CT molecular complexity index is 797. The molecule has 4 heteroatoms. The third-order valence-corrected chi connectivity index (χ3v) is 6.37. The maximum absolute atomic E-state index is 5.54. The van der Waals surface area contributed by atoms with Gasteiger partial charge in [0.2, 0.25) is 0 Å². The average molecular weight is 558 g/mol. The Kier molecular flexibility index (Phi) is 26.0. The Balaban J connectivity index is 0. The van der Waals surface area contributed by atoms with Crippen LogP contribution in [0.3, 0.4) is 0 Å². The molecule has 0 radical (unpaired) electrons. The summed E-state index contributed by atoms with van der Waals surface area (Å²) in [5.41, 5.74) is 2.28. The van der Waals surface area contributed by atoms with E-state index in [2.05, 4.69) is 94.2 Å². The van der Waals surface area contributed by atoms with Gasteiger partial charge in [-0.1, -0.05) is 116 Å². The number of benzene rings is 1. The van der Waals surface area contributed by atoms with Gasteiger partial charge in [-0.2, -0.15) is 0 Å². The molecule has 0 saturated carbocycles. The van der Waals surface area contributed by atoms with Gasteiger partial charge >= 0.3 is 0 Å². The third kappa shape index (κ3) is 19.5. The predicted molar refractivity (Wildman–Crippen MR) is 179 cm³/mol. The number of allylic oxidation sites excluding steroid dienone is 3. The lowest BCUT2D eigenvalue weighted by molar-refractivity contribution is 0.203. The van der Waals surface area contributed by atoms with Crippen molar-refractivity contribution < 1.29 is 0 Å². The minimum atomic E-state index is 0.716. The Hall–Kier alpha value is -2.23. The lowest BCUT2D eigenvalue weighted by Gasteiger charge is -2.37. The van der Waals surface area contributed by atoms with Crippen molar-refractivity contribution in [2.24, 2.45) is 5.92 Å². The summed E-state index contributed by atoms with van der Waals surface area (Å²) in [5.74, 6) is 0.801. The van der Waals surface area contributed by atoms with Crippen LogP contribution < -0.4 is 0 Å². The summed E-state index contributed by atoms with van der Waals surface area (Å²) in [6.07, 6.45) is 15.3. The van der Waals surface area contributed by atoms with E-state index in [0.717, 1.165) is 49.2 Å². The minimum absolute atomic E-state index is 0.716. The summed E-state index contributed by atoms with van der Waals surface area (Å²) in [6.45, 7) is 34.4. The van der Waals surface area contributed by atoms with E-state index in [9.17, 15) is 0 Å². The largest absolute Gasteiger partial charge is 0.370 e. The molecule has 0 amide bonds. The second-order valence-corrected chi connectivity index (χ2v) is 10.2.